The molecule has 0 heterocycles. The molecule has 1 atom stereocenters. The van der Waals surface area contributed by atoms with Crippen molar-refractivity contribution in [1.82, 2.24) is 0 Å². The topological polar surface area (TPSA) is 58.7 Å². The molecule has 0 saturated heterocycles. The minimum Gasteiger partial charge on any atom is -0.322 e. The van der Waals surface area contributed by atoms with Crippen LogP contribution in [-0.2, 0) is 4.79 Å². The third-order valence-electron chi connectivity index (χ3n) is 3.05. The molecule has 0 saturated carbocycles. The summed E-state index contributed by atoms with van der Waals surface area (Å²) in [4.78, 5) is 18.8. The molecule has 0 fully saturated rings. The molecule has 0 spiro atoms. The minimum atomic E-state index is -0.326. The van der Waals surface area contributed by atoms with Crippen LogP contribution in [0.5, 0.6) is 0 Å². The van der Waals surface area contributed by atoms with E-state index in [1.165, 1.54) is 0 Å². The highest BCUT2D eigenvalue weighted by Crippen LogP contribution is 2.18. The first-order valence-electron chi connectivity index (χ1n) is 7.47. The van der Waals surface area contributed by atoms with Crippen LogP contribution in [0.3, 0.4) is 0 Å². The Bertz CT molecular complexity index is 559. The van der Waals surface area contributed by atoms with Gasteiger partial charge in [0.1, 0.15) is 5.84 Å². The van der Waals surface area contributed by atoms with E-state index in [2.05, 4.69) is 11.6 Å². The fourth-order valence-electron chi connectivity index (χ4n) is 2.14. The number of nitrogens with zero attached hydrogens (tertiary/aromatic N) is 2. The Balaban J connectivity index is 3.22. The van der Waals surface area contributed by atoms with Crippen LogP contribution in [0.4, 0.5) is 5.69 Å². The number of para-hydroxylation sites is 1. The van der Waals surface area contributed by atoms with Gasteiger partial charge in [0.25, 0.3) is 0 Å². The van der Waals surface area contributed by atoms with Gasteiger partial charge in [-0.15, -0.1) is 0 Å². The highest BCUT2D eigenvalue weighted by molar-refractivity contribution is 6.19. The number of hydrogen-bond acceptors (Lipinski definition) is 3. The van der Waals surface area contributed by atoms with Crippen LogP contribution in [0.2, 0.25) is 0 Å². The lowest BCUT2D eigenvalue weighted by atomic mass is 10.1. The monoisotopic (exact) mass is 299 g/mol. The second kappa shape index (κ2) is 8.95. The highest BCUT2D eigenvalue weighted by Gasteiger charge is 2.23. The van der Waals surface area contributed by atoms with E-state index >= 15 is 0 Å². The van der Waals surface area contributed by atoms with Gasteiger partial charge in [-0.25, -0.2) is 0 Å². The van der Waals surface area contributed by atoms with Crippen LogP contribution in [-0.4, -0.2) is 24.3 Å². The highest BCUT2D eigenvalue weighted by atomic mass is 16.2. The Labute approximate surface area is 133 Å². The molecular formula is C18H25N3O. The first-order valence-corrected chi connectivity index (χ1v) is 7.47. The lowest BCUT2D eigenvalue weighted by Crippen LogP contribution is -2.46. The van der Waals surface area contributed by atoms with Gasteiger partial charge in [-0.3, -0.25) is 14.7 Å². The van der Waals surface area contributed by atoms with Gasteiger partial charge in [0.15, 0.2) is 0 Å². The molecule has 1 rings (SSSR count). The van der Waals surface area contributed by atoms with Gasteiger partial charge in [-0.1, -0.05) is 42.5 Å². The van der Waals surface area contributed by atoms with Crippen molar-refractivity contribution in [2.24, 2.45) is 10.7 Å². The molecule has 0 aromatic heterocycles. The van der Waals surface area contributed by atoms with Crippen LogP contribution >= 0.6 is 0 Å². The maximum atomic E-state index is 12.8. The van der Waals surface area contributed by atoms with Gasteiger partial charge < -0.3 is 5.73 Å². The summed E-state index contributed by atoms with van der Waals surface area (Å²) in [5.41, 5.74) is 7.76. The predicted molar refractivity (Wildman–Crippen MR) is 94.1 cm³/mol. The second-order valence-electron chi connectivity index (χ2n) is 5.11. The number of aliphatic imine (C=N–C) groups is 1. The Hall–Kier alpha value is -2.20. The van der Waals surface area contributed by atoms with Crippen molar-refractivity contribution in [2.45, 2.75) is 33.2 Å². The zero-order valence-corrected chi connectivity index (χ0v) is 13.6. The number of anilines is 1. The quantitative estimate of drug-likeness (QED) is 0.498. The molecule has 0 bridgehead atoms. The number of carbonyl (C=O) groups excluding carboxylic acids is 1. The van der Waals surface area contributed by atoms with E-state index in [1.54, 1.807) is 11.0 Å². The van der Waals surface area contributed by atoms with Gasteiger partial charge in [0.2, 0.25) is 5.91 Å². The van der Waals surface area contributed by atoms with Crippen LogP contribution in [0.1, 0.15) is 27.2 Å². The summed E-state index contributed by atoms with van der Waals surface area (Å²) < 4.78 is 0. The normalized spacial score (nSPS) is 13.6. The molecule has 1 amide bonds. The molecule has 118 valence electrons. The van der Waals surface area contributed by atoms with Gasteiger partial charge in [0, 0.05) is 13.0 Å². The van der Waals surface area contributed by atoms with Gasteiger partial charge in [0.05, 0.1) is 11.7 Å². The average molecular weight is 299 g/mol. The maximum Gasteiger partial charge on any atom is 0.236 e. The molecule has 0 aliphatic heterocycles. The number of benzene rings is 1. The largest absolute Gasteiger partial charge is 0.322 e. The lowest BCUT2D eigenvalue weighted by Gasteiger charge is -2.27. The van der Waals surface area contributed by atoms with E-state index in [-0.39, 0.29) is 11.9 Å². The molecule has 0 unspecified atom stereocenters. The van der Waals surface area contributed by atoms with Crippen LogP contribution in [0, 0.1) is 0 Å². The number of allylic oxidation sites excluding steroid dienone is 2. The molecule has 22 heavy (non-hydrogen) atoms. The minimum absolute atomic E-state index is 0.0497. The number of amides is 1. The molecule has 0 radical (unpaired) electrons. The summed E-state index contributed by atoms with van der Waals surface area (Å²) in [6, 6.07) is 9.15. The van der Waals surface area contributed by atoms with E-state index in [0.717, 1.165) is 11.3 Å². The Kier molecular flexibility index (Phi) is 7.26. The molecule has 4 heteroatoms. The first kappa shape index (κ1) is 17.9. The summed E-state index contributed by atoms with van der Waals surface area (Å²) in [7, 11) is 0. The van der Waals surface area contributed by atoms with E-state index in [0.29, 0.717) is 18.8 Å². The van der Waals surface area contributed by atoms with Crippen molar-refractivity contribution >= 4 is 17.4 Å². The Morgan fingerprint density at radius 1 is 1.41 bits per heavy atom. The Morgan fingerprint density at radius 3 is 2.55 bits per heavy atom. The zero-order chi connectivity index (χ0) is 16.5. The third kappa shape index (κ3) is 4.97. The predicted octanol–water partition coefficient (Wildman–Crippen LogP) is 3.31. The summed E-state index contributed by atoms with van der Waals surface area (Å²) in [6.45, 7) is 9.91. The number of rotatable bonds is 6. The Morgan fingerprint density at radius 2 is 2.05 bits per heavy atom. The van der Waals surface area contributed by atoms with E-state index in [9.17, 15) is 4.79 Å². The van der Waals surface area contributed by atoms with Crippen molar-refractivity contribution in [3.05, 3.63) is 54.6 Å². The fraction of sp³-hybridized carbons (Fsp3) is 0.333. The number of carbonyl (C=O) groups is 1. The molecule has 1 aromatic rings. The summed E-state index contributed by atoms with van der Waals surface area (Å²) in [5, 5.41) is 0. The van der Waals surface area contributed by atoms with Crippen molar-refractivity contribution in [3.8, 4) is 0 Å². The molecule has 0 aliphatic carbocycles. The number of hydrogen-bond donors (Lipinski definition) is 1. The molecule has 1 aromatic carbocycles. The molecule has 2 N–H and O–H groups in total. The van der Waals surface area contributed by atoms with Crippen LogP contribution in [0.15, 0.2) is 59.6 Å². The summed E-state index contributed by atoms with van der Waals surface area (Å²) in [5.74, 6) is 0.538. The first-order chi connectivity index (χ1) is 10.5. The maximum absolute atomic E-state index is 12.8. The van der Waals surface area contributed by atoms with Gasteiger partial charge >= 0.3 is 0 Å². The van der Waals surface area contributed by atoms with Crippen molar-refractivity contribution in [3.63, 3.8) is 0 Å². The molecular weight excluding hydrogens is 274 g/mol. The van der Waals surface area contributed by atoms with Crippen molar-refractivity contribution < 1.29 is 4.79 Å². The van der Waals surface area contributed by atoms with Crippen molar-refractivity contribution in [2.75, 3.05) is 11.4 Å². The SMILES string of the molecule is C=C/C=C(/C)CC(=O)N(C(=NCC)[C@H](C)N)c1ccccc1. The van der Waals surface area contributed by atoms with E-state index in [4.69, 9.17) is 5.73 Å². The summed E-state index contributed by atoms with van der Waals surface area (Å²) >= 11 is 0. The second-order valence-corrected chi connectivity index (χ2v) is 5.11. The van der Waals surface area contributed by atoms with Crippen molar-refractivity contribution in [1.29, 1.82) is 0 Å². The third-order valence-corrected chi connectivity index (χ3v) is 3.05. The lowest BCUT2D eigenvalue weighted by molar-refractivity contribution is -0.117. The van der Waals surface area contributed by atoms with Crippen LogP contribution < -0.4 is 10.6 Å². The molecule has 0 aliphatic rings. The van der Waals surface area contributed by atoms with Gasteiger partial charge in [-0.2, -0.15) is 0 Å². The number of amidine groups is 1. The standard InChI is InChI=1S/C18H25N3O/c1-5-10-14(3)13-17(22)21(16-11-8-7-9-12-16)18(15(4)19)20-6-2/h5,7-12,15H,1,6,13,19H2,2-4H3/b14-10-,20-18?/t15-/m0/s1. The summed E-state index contributed by atoms with van der Waals surface area (Å²) in [6.07, 6.45) is 3.82. The van der Waals surface area contributed by atoms with E-state index < -0.39 is 0 Å². The fourth-order valence-corrected chi connectivity index (χ4v) is 2.14. The number of nitrogens with two attached hydrogens (primary N) is 1. The van der Waals surface area contributed by atoms with Crippen LogP contribution in [0.25, 0.3) is 0 Å². The van der Waals surface area contributed by atoms with E-state index in [1.807, 2.05) is 57.2 Å². The van der Waals surface area contributed by atoms with Gasteiger partial charge in [-0.05, 0) is 32.9 Å². The average Bonchev–Trinajstić information content (AvgIpc) is 2.47. The smallest absolute Gasteiger partial charge is 0.236 e. The zero-order valence-electron chi connectivity index (χ0n) is 13.6. The molecule has 4 nitrogen and oxygen atoms in total.